The van der Waals surface area contributed by atoms with Crippen molar-refractivity contribution in [3.63, 3.8) is 0 Å². The van der Waals surface area contributed by atoms with Gasteiger partial charge in [-0.15, -0.1) is 0 Å². The van der Waals surface area contributed by atoms with E-state index in [4.69, 9.17) is 4.74 Å². The molecule has 0 spiro atoms. The van der Waals surface area contributed by atoms with Crippen LogP contribution in [0.2, 0.25) is 0 Å². The highest BCUT2D eigenvalue weighted by molar-refractivity contribution is 6.11. The van der Waals surface area contributed by atoms with E-state index in [0.29, 0.717) is 28.8 Å². The van der Waals surface area contributed by atoms with Crippen molar-refractivity contribution < 1.29 is 9.53 Å². The molecule has 0 aliphatic carbocycles. The van der Waals surface area contributed by atoms with Crippen molar-refractivity contribution in [1.82, 2.24) is 19.7 Å². The van der Waals surface area contributed by atoms with Crippen molar-refractivity contribution >= 4 is 22.4 Å². The maximum Gasteiger partial charge on any atom is 0.321 e. The summed E-state index contributed by atoms with van der Waals surface area (Å²) >= 11 is 0. The number of aromatic nitrogens is 4. The molecule has 4 aromatic rings. The summed E-state index contributed by atoms with van der Waals surface area (Å²) in [6.45, 7) is 4.44. The first-order valence-corrected chi connectivity index (χ1v) is 10.9. The molecule has 8 nitrogen and oxygen atoms in total. The van der Waals surface area contributed by atoms with Gasteiger partial charge in [0.2, 0.25) is 0 Å². The third-order valence-corrected chi connectivity index (χ3v) is 5.25. The van der Waals surface area contributed by atoms with Gasteiger partial charge in [-0.05, 0) is 49.2 Å². The maximum atomic E-state index is 13.2. The van der Waals surface area contributed by atoms with E-state index >= 15 is 0 Å². The van der Waals surface area contributed by atoms with Crippen LogP contribution in [0.15, 0.2) is 65.7 Å². The fraction of sp³-hybridized carbons (Fsp3) is 0.240. The smallest absolute Gasteiger partial charge is 0.321 e. The summed E-state index contributed by atoms with van der Waals surface area (Å²) in [5.74, 6) is 0.184. The fourth-order valence-electron chi connectivity index (χ4n) is 3.53. The van der Waals surface area contributed by atoms with Crippen molar-refractivity contribution in [2.45, 2.75) is 39.7 Å². The topological polar surface area (TPSA) is 99.0 Å². The molecule has 0 saturated carbocycles. The number of ether oxygens (including phenoxy) is 1. The normalized spacial score (nSPS) is 10.8. The molecule has 0 aliphatic heterocycles. The maximum absolute atomic E-state index is 13.2. The van der Waals surface area contributed by atoms with Gasteiger partial charge in [0, 0.05) is 30.0 Å². The number of carbonyl (C=O) groups excluding carboxylic acids is 1. The Morgan fingerprint density at radius 2 is 1.79 bits per heavy atom. The van der Waals surface area contributed by atoms with Crippen molar-refractivity contribution in [1.29, 1.82) is 0 Å². The van der Waals surface area contributed by atoms with E-state index in [1.54, 1.807) is 60.9 Å². The number of hydrogen-bond acceptors (Lipinski definition) is 6. The van der Waals surface area contributed by atoms with Crippen molar-refractivity contribution in [2.24, 2.45) is 0 Å². The van der Waals surface area contributed by atoms with Crippen LogP contribution in [0.4, 0.5) is 5.69 Å². The highest BCUT2D eigenvalue weighted by Gasteiger charge is 2.17. The monoisotopic (exact) mass is 443 g/mol. The van der Waals surface area contributed by atoms with Gasteiger partial charge in [-0.2, -0.15) is 5.10 Å². The zero-order chi connectivity index (χ0) is 23.2. The molecule has 0 saturated heterocycles. The van der Waals surface area contributed by atoms with Crippen LogP contribution in [0.3, 0.4) is 0 Å². The minimum atomic E-state index is -0.376. The fourth-order valence-corrected chi connectivity index (χ4v) is 3.53. The molecule has 0 unspecified atom stereocenters. The van der Waals surface area contributed by atoms with Gasteiger partial charge in [0.05, 0.1) is 5.39 Å². The van der Waals surface area contributed by atoms with Crippen LogP contribution in [0.5, 0.6) is 11.8 Å². The minimum Gasteiger partial charge on any atom is -0.424 e. The van der Waals surface area contributed by atoms with E-state index in [-0.39, 0.29) is 23.2 Å². The Hall–Kier alpha value is -4.07. The molecule has 168 valence electrons. The first-order chi connectivity index (χ1) is 16.1. The Kier molecular flexibility index (Phi) is 6.73. The minimum absolute atomic E-state index is 0.181. The molecular weight excluding hydrogens is 418 g/mol. The lowest BCUT2D eigenvalue weighted by Crippen LogP contribution is -2.28. The van der Waals surface area contributed by atoms with Crippen LogP contribution in [0, 0.1) is 6.92 Å². The van der Waals surface area contributed by atoms with E-state index in [2.05, 4.69) is 27.3 Å². The molecule has 0 aliphatic rings. The van der Waals surface area contributed by atoms with Crippen LogP contribution in [-0.4, -0.2) is 25.7 Å². The number of fused-ring (bicyclic) bond motifs is 1. The number of hydrogen-bond donors (Lipinski definition) is 1. The lowest BCUT2D eigenvalue weighted by Gasteiger charge is -2.13. The predicted octanol–water partition coefficient (Wildman–Crippen LogP) is 4.73. The van der Waals surface area contributed by atoms with Gasteiger partial charge in [-0.3, -0.25) is 9.59 Å². The second-order valence-electron chi connectivity index (χ2n) is 7.69. The summed E-state index contributed by atoms with van der Waals surface area (Å²) in [5, 5.41) is 8.36. The SMILES string of the molecule is CCCCCn1nc(C(=O)Nc2ccc(Oc3ncccn3)cc2C)c2ccccc2c1=O. The van der Waals surface area contributed by atoms with Gasteiger partial charge in [0.15, 0.2) is 5.69 Å². The average Bonchev–Trinajstić information content (AvgIpc) is 2.83. The number of carbonyl (C=O) groups is 1. The van der Waals surface area contributed by atoms with Crippen LogP contribution in [0.25, 0.3) is 10.8 Å². The summed E-state index contributed by atoms with van der Waals surface area (Å²) in [6.07, 6.45) is 6.05. The Balaban J connectivity index is 1.61. The molecule has 4 rings (SSSR count). The van der Waals surface area contributed by atoms with Gasteiger partial charge >= 0.3 is 6.01 Å². The van der Waals surface area contributed by atoms with E-state index < -0.39 is 0 Å². The largest absolute Gasteiger partial charge is 0.424 e. The third-order valence-electron chi connectivity index (χ3n) is 5.25. The van der Waals surface area contributed by atoms with Gasteiger partial charge in [-0.1, -0.05) is 38.0 Å². The molecule has 0 radical (unpaired) electrons. The zero-order valence-electron chi connectivity index (χ0n) is 18.6. The average molecular weight is 444 g/mol. The van der Waals surface area contributed by atoms with Gasteiger partial charge in [0.1, 0.15) is 5.75 Å². The molecule has 2 aromatic carbocycles. The second-order valence-corrected chi connectivity index (χ2v) is 7.69. The number of unbranched alkanes of at least 4 members (excludes halogenated alkanes) is 2. The Labute approximate surface area is 191 Å². The lowest BCUT2D eigenvalue weighted by atomic mass is 10.1. The summed E-state index contributed by atoms with van der Waals surface area (Å²) in [4.78, 5) is 34.1. The number of anilines is 1. The van der Waals surface area contributed by atoms with Crippen LogP contribution in [-0.2, 0) is 6.54 Å². The standard InChI is InChI=1S/C25H25N5O3/c1-3-4-7-15-30-24(32)20-10-6-5-9-19(20)22(29-30)23(31)28-21-12-11-18(16-17(21)2)33-25-26-13-8-14-27-25/h5-6,8-14,16H,3-4,7,15H2,1-2H3,(H,28,31). The van der Waals surface area contributed by atoms with Crippen LogP contribution >= 0.6 is 0 Å². The molecule has 0 bridgehead atoms. The molecule has 33 heavy (non-hydrogen) atoms. The zero-order valence-corrected chi connectivity index (χ0v) is 18.6. The molecule has 1 N–H and O–H groups in total. The van der Waals surface area contributed by atoms with Gasteiger partial charge < -0.3 is 10.1 Å². The number of aryl methyl sites for hydroxylation is 2. The highest BCUT2D eigenvalue weighted by atomic mass is 16.5. The summed E-state index contributed by atoms with van der Waals surface area (Å²) in [6, 6.07) is 14.3. The van der Waals surface area contributed by atoms with Crippen molar-refractivity contribution in [3.05, 3.63) is 82.5 Å². The molecule has 0 fully saturated rings. The quantitative estimate of drug-likeness (QED) is 0.395. The van der Waals surface area contributed by atoms with Crippen LogP contribution < -0.4 is 15.6 Å². The number of benzene rings is 2. The van der Waals surface area contributed by atoms with Crippen molar-refractivity contribution in [2.75, 3.05) is 5.32 Å². The summed E-state index contributed by atoms with van der Waals surface area (Å²) < 4.78 is 7.05. The number of amides is 1. The first-order valence-electron chi connectivity index (χ1n) is 10.9. The number of rotatable bonds is 8. The third kappa shape index (κ3) is 5.06. The molecule has 1 amide bonds. The molecule has 2 aromatic heterocycles. The molecular formula is C25H25N5O3. The Morgan fingerprint density at radius 3 is 2.52 bits per heavy atom. The second kappa shape index (κ2) is 10.0. The Bertz CT molecular complexity index is 1340. The lowest BCUT2D eigenvalue weighted by molar-refractivity contribution is 0.102. The molecule has 2 heterocycles. The predicted molar refractivity (Wildman–Crippen MR) is 127 cm³/mol. The van der Waals surface area contributed by atoms with E-state index in [0.717, 1.165) is 24.8 Å². The van der Waals surface area contributed by atoms with Gasteiger partial charge in [-0.25, -0.2) is 14.6 Å². The Morgan fingerprint density at radius 1 is 1.03 bits per heavy atom. The molecule has 8 heteroatoms. The van der Waals surface area contributed by atoms with E-state index in [1.165, 1.54) is 4.68 Å². The number of nitrogens with zero attached hydrogens (tertiary/aromatic N) is 4. The van der Waals surface area contributed by atoms with Gasteiger partial charge in [0.25, 0.3) is 11.5 Å². The number of nitrogens with one attached hydrogen (secondary N) is 1. The van der Waals surface area contributed by atoms with Crippen molar-refractivity contribution in [3.8, 4) is 11.8 Å². The van der Waals surface area contributed by atoms with Crippen LogP contribution in [0.1, 0.15) is 42.2 Å². The van der Waals surface area contributed by atoms with E-state index in [1.807, 2.05) is 6.92 Å². The highest BCUT2D eigenvalue weighted by Crippen LogP contribution is 2.25. The van der Waals surface area contributed by atoms with E-state index in [9.17, 15) is 9.59 Å². The summed E-state index contributed by atoms with van der Waals surface area (Å²) in [7, 11) is 0. The summed E-state index contributed by atoms with van der Waals surface area (Å²) in [5.41, 5.74) is 1.46. The first kappa shape index (κ1) is 22.1. The molecule has 0 atom stereocenters.